The van der Waals surface area contributed by atoms with E-state index in [4.69, 9.17) is 13.9 Å². The molecule has 11 heteroatoms. The number of nitrogens with zero attached hydrogens (tertiary/aromatic N) is 4. The lowest BCUT2D eigenvalue weighted by atomic mass is 10.2. The summed E-state index contributed by atoms with van der Waals surface area (Å²) in [4.78, 5) is 40.3. The normalized spacial score (nSPS) is 17.8. The molecule has 1 N–H and O–H groups in total. The van der Waals surface area contributed by atoms with Crippen LogP contribution >= 0.6 is 0 Å². The van der Waals surface area contributed by atoms with Crippen molar-refractivity contribution in [1.29, 1.82) is 0 Å². The molecule has 7 rings (SSSR count). The van der Waals surface area contributed by atoms with Crippen LogP contribution in [0.2, 0.25) is 5.04 Å². The molecule has 0 aliphatic carbocycles. The zero-order valence-corrected chi connectivity index (χ0v) is 29.0. The lowest BCUT2D eigenvalue weighted by Crippen LogP contribution is -2.68. The number of hydrogen-bond acceptors (Lipinski definition) is 8. The summed E-state index contributed by atoms with van der Waals surface area (Å²) in [6, 6.07) is 38.3. The number of nitrogens with one attached hydrogen (secondary N) is 1. The third-order valence-corrected chi connectivity index (χ3v) is 14.0. The molecule has 3 atom stereocenters. The number of amides is 1. The second-order valence-electron chi connectivity index (χ2n) is 13.1. The molecule has 252 valence electrons. The Labute approximate surface area is 291 Å². The molecule has 4 aromatic carbocycles. The van der Waals surface area contributed by atoms with E-state index in [0.29, 0.717) is 22.3 Å². The quantitative estimate of drug-likeness (QED) is 0.151. The summed E-state index contributed by atoms with van der Waals surface area (Å²) in [5, 5.41) is 4.74. The SMILES string of the molecule is CC(C)(C)[Si](O[C@H]1CO[C@@H](n2cnc3ncnc(NC(=O)c4ccccc4)c32)[C@@H]1OC(=O)c1ccccc1)(c1ccccc1)c1ccccc1. The topological polar surface area (TPSA) is 117 Å². The van der Waals surface area contributed by atoms with Gasteiger partial charge in [-0.05, 0) is 39.7 Å². The number of rotatable bonds is 9. The first-order chi connectivity index (χ1) is 24.3. The molecule has 1 fully saturated rings. The maximum atomic E-state index is 13.8. The van der Waals surface area contributed by atoms with Crippen molar-refractivity contribution in [1.82, 2.24) is 19.5 Å². The van der Waals surface area contributed by atoms with Crippen LogP contribution in [0.25, 0.3) is 11.2 Å². The molecule has 3 heterocycles. The summed E-state index contributed by atoms with van der Waals surface area (Å²) in [6.45, 7) is 6.71. The summed E-state index contributed by atoms with van der Waals surface area (Å²) < 4.78 is 22.1. The van der Waals surface area contributed by atoms with Gasteiger partial charge in [0.1, 0.15) is 24.3 Å². The van der Waals surface area contributed by atoms with E-state index in [1.165, 1.54) is 6.33 Å². The second kappa shape index (κ2) is 13.8. The minimum atomic E-state index is -3.10. The van der Waals surface area contributed by atoms with Crippen LogP contribution in [0.5, 0.6) is 0 Å². The molecule has 0 radical (unpaired) electrons. The maximum Gasteiger partial charge on any atom is 0.338 e. The van der Waals surface area contributed by atoms with Crippen molar-refractivity contribution in [3.63, 3.8) is 0 Å². The average Bonchev–Trinajstić information content (AvgIpc) is 3.75. The minimum Gasteiger partial charge on any atom is -0.451 e. The molecule has 0 saturated carbocycles. The molecule has 50 heavy (non-hydrogen) atoms. The smallest absolute Gasteiger partial charge is 0.338 e. The molecule has 2 aromatic heterocycles. The van der Waals surface area contributed by atoms with Crippen LogP contribution in [0.15, 0.2) is 134 Å². The lowest BCUT2D eigenvalue weighted by Gasteiger charge is -2.45. The Kier molecular flexibility index (Phi) is 9.11. The van der Waals surface area contributed by atoms with Crippen molar-refractivity contribution in [3.05, 3.63) is 145 Å². The number of aromatic nitrogens is 4. The highest BCUT2D eigenvalue weighted by Gasteiger charge is 2.55. The predicted molar refractivity (Wildman–Crippen MR) is 193 cm³/mol. The number of fused-ring (bicyclic) bond motifs is 1. The number of benzene rings is 4. The lowest BCUT2D eigenvalue weighted by molar-refractivity contribution is -0.0385. The molecular formula is C39H37N5O5Si. The highest BCUT2D eigenvalue weighted by atomic mass is 28.4. The monoisotopic (exact) mass is 683 g/mol. The van der Waals surface area contributed by atoms with Crippen LogP contribution in [0, 0.1) is 0 Å². The van der Waals surface area contributed by atoms with Gasteiger partial charge in [0, 0.05) is 5.56 Å². The molecule has 10 nitrogen and oxygen atoms in total. The van der Waals surface area contributed by atoms with Crippen molar-refractivity contribution in [2.75, 3.05) is 11.9 Å². The molecular weight excluding hydrogens is 647 g/mol. The number of esters is 1. The van der Waals surface area contributed by atoms with Crippen LogP contribution < -0.4 is 15.7 Å². The van der Waals surface area contributed by atoms with Gasteiger partial charge in [-0.1, -0.05) is 118 Å². The third kappa shape index (κ3) is 6.22. The number of carbonyl (C=O) groups excluding carboxylic acids is 2. The van der Waals surface area contributed by atoms with Gasteiger partial charge in [0.2, 0.25) is 0 Å². The Morgan fingerprint density at radius 3 is 1.92 bits per heavy atom. The minimum absolute atomic E-state index is 0.126. The Morgan fingerprint density at radius 2 is 1.34 bits per heavy atom. The van der Waals surface area contributed by atoms with Gasteiger partial charge >= 0.3 is 5.97 Å². The molecule has 1 aliphatic rings. The summed E-state index contributed by atoms with van der Waals surface area (Å²) in [5.74, 6) is -0.611. The van der Waals surface area contributed by atoms with Gasteiger partial charge in [0.25, 0.3) is 14.2 Å². The molecule has 6 aromatic rings. The number of hydrogen-bond donors (Lipinski definition) is 1. The Balaban J connectivity index is 1.32. The summed E-state index contributed by atoms with van der Waals surface area (Å²) in [6.07, 6.45) is 0.436. The van der Waals surface area contributed by atoms with Crippen LogP contribution in [-0.2, 0) is 13.9 Å². The zero-order chi connectivity index (χ0) is 34.7. The van der Waals surface area contributed by atoms with Gasteiger partial charge in [-0.3, -0.25) is 9.36 Å². The van der Waals surface area contributed by atoms with Crippen molar-refractivity contribution in [2.24, 2.45) is 0 Å². The highest BCUT2D eigenvalue weighted by molar-refractivity contribution is 6.99. The first kappa shape index (κ1) is 33.0. The molecule has 1 amide bonds. The van der Waals surface area contributed by atoms with Crippen molar-refractivity contribution < 1.29 is 23.5 Å². The van der Waals surface area contributed by atoms with Gasteiger partial charge in [0.05, 0.1) is 12.2 Å². The Bertz CT molecular complexity index is 2050. The van der Waals surface area contributed by atoms with Crippen LogP contribution in [0.3, 0.4) is 0 Å². The third-order valence-electron chi connectivity index (χ3n) is 8.98. The summed E-state index contributed by atoms with van der Waals surface area (Å²) in [5.41, 5.74) is 1.64. The maximum absolute atomic E-state index is 13.8. The number of ether oxygens (including phenoxy) is 2. The standard InChI is InChI=1S/C39H37N5O5Si/c1-39(2,3)50(29-20-12-6-13-21-29,30-22-14-7-15-23-30)49-31-24-47-37(33(31)48-38(46)28-18-10-5-11-19-28)44-26-42-34-32(44)35(41-25-40-34)43-36(45)27-16-8-4-9-17-27/h4-23,25-26,31,33,37H,24H2,1-3H3,(H,40,41,43,45)/t31-,33+,37+/m0/s1. The van der Waals surface area contributed by atoms with Gasteiger partial charge in [-0.2, -0.15) is 0 Å². The second-order valence-corrected chi connectivity index (χ2v) is 17.4. The van der Waals surface area contributed by atoms with Crippen LogP contribution in [-0.4, -0.2) is 58.5 Å². The van der Waals surface area contributed by atoms with Gasteiger partial charge < -0.3 is 19.2 Å². The van der Waals surface area contributed by atoms with Crippen molar-refractivity contribution in [3.8, 4) is 0 Å². The van der Waals surface area contributed by atoms with E-state index in [9.17, 15) is 9.59 Å². The molecule has 0 unspecified atom stereocenters. The predicted octanol–water partition coefficient (Wildman–Crippen LogP) is 5.78. The van der Waals surface area contributed by atoms with Crippen LogP contribution in [0.1, 0.15) is 47.7 Å². The molecule has 0 bridgehead atoms. The Hall–Kier alpha value is -5.49. The van der Waals surface area contributed by atoms with Gasteiger partial charge in [-0.15, -0.1) is 0 Å². The molecule has 1 aliphatic heterocycles. The first-order valence-electron chi connectivity index (χ1n) is 16.5. The fraction of sp³-hybridized carbons (Fsp3) is 0.205. The van der Waals surface area contributed by atoms with E-state index in [2.05, 4.69) is 65.3 Å². The molecule has 1 saturated heterocycles. The fourth-order valence-corrected chi connectivity index (χ4v) is 11.3. The van der Waals surface area contributed by atoms with E-state index in [-0.39, 0.29) is 23.4 Å². The number of carbonyl (C=O) groups is 2. The van der Waals surface area contributed by atoms with E-state index in [1.807, 2.05) is 48.5 Å². The van der Waals surface area contributed by atoms with Crippen molar-refractivity contribution in [2.45, 2.75) is 44.2 Å². The highest BCUT2D eigenvalue weighted by Crippen LogP contribution is 2.41. The first-order valence-corrected chi connectivity index (χ1v) is 18.4. The fourth-order valence-electron chi connectivity index (χ4n) is 6.65. The summed E-state index contributed by atoms with van der Waals surface area (Å²) in [7, 11) is -3.10. The van der Waals surface area contributed by atoms with Gasteiger partial charge in [-0.25, -0.2) is 19.7 Å². The van der Waals surface area contributed by atoms with E-state index in [1.54, 1.807) is 59.4 Å². The zero-order valence-electron chi connectivity index (χ0n) is 28.0. The van der Waals surface area contributed by atoms with Gasteiger partial charge in [0.15, 0.2) is 23.8 Å². The molecule has 0 spiro atoms. The largest absolute Gasteiger partial charge is 0.451 e. The van der Waals surface area contributed by atoms with E-state index in [0.717, 1.165) is 10.4 Å². The Morgan fingerprint density at radius 1 is 0.780 bits per heavy atom. The summed E-state index contributed by atoms with van der Waals surface area (Å²) >= 11 is 0. The number of anilines is 1. The average molecular weight is 684 g/mol. The van der Waals surface area contributed by atoms with E-state index < -0.39 is 32.7 Å². The van der Waals surface area contributed by atoms with Crippen molar-refractivity contribution >= 4 is 47.5 Å². The van der Waals surface area contributed by atoms with E-state index >= 15 is 0 Å². The number of imidazole rings is 1. The van der Waals surface area contributed by atoms with Crippen LogP contribution in [0.4, 0.5) is 5.82 Å².